The van der Waals surface area contributed by atoms with Gasteiger partial charge in [-0.1, -0.05) is 6.07 Å². The van der Waals surface area contributed by atoms with Crippen LogP contribution in [-0.2, 0) is 0 Å². The van der Waals surface area contributed by atoms with Crippen LogP contribution in [0.3, 0.4) is 0 Å². The first-order chi connectivity index (χ1) is 13.7. The third-order valence-corrected chi connectivity index (χ3v) is 4.23. The number of carbonyl (C=O) groups excluding carboxylic acids is 1. The number of carbonyl (C=O) groups is 1. The molecule has 0 unspecified atom stereocenters. The average Bonchev–Trinajstić information content (AvgIpc) is 3.18. The van der Waals surface area contributed by atoms with Crippen LogP contribution >= 0.6 is 0 Å². The van der Waals surface area contributed by atoms with Crippen LogP contribution in [0.2, 0.25) is 0 Å². The van der Waals surface area contributed by atoms with Crippen LogP contribution in [0.4, 0.5) is 5.69 Å². The zero-order valence-electron chi connectivity index (χ0n) is 15.0. The molecule has 0 atom stereocenters. The summed E-state index contributed by atoms with van der Waals surface area (Å²) in [6.45, 7) is 0. The van der Waals surface area contributed by atoms with Crippen molar-refractivity contribution in [2.24, 2.45) is 0 Å². The molecule has 4 aromatic rings. The third-order valence-electron chi connectivity index (χ3n) is 4.23. The summed E-state index contributed by atoms with van der Waals surface area (Å²) in [5, 5.41) is 11.9. The zero-order chi connectivity index (χ0) is 19.5. The molecule has 28 heavy (non-hydrogen) atoms. The van der Waals surface area contributed by atoms with Gasteiger partial charge in [0.2, 0.25) is 5.78 Å². The van der Waals surface area contributed by atoms with E-state index in [4.69, 9.17) is 10.00 Å². The molecule has 2 aromatic carbocycles. The minimum atomic E-state index is -0.329. The van der Waals surface area contributed by atoms with Crippen molar-refractivity contribution in [3.05, 3.63) is 78.2 Å². The molecule has 0 radical (unpaired) electrons. The highest BCUT2D eigenvalue weighted by molar-refractivity contribution is 6.05. The minimum absolute atomic E-state index is 0.329. The van der Waals surface area contributed by atoms with E-state index in [2.05, 4.69) is 15.3 Å². The Balaban J connectivity index is 1.69. The van der Waals surface area contributed by atoms with Gasteiger partial charge < -0.3 is 10.1 Å². The van der Waals surface area contributed by atoms with Crippen LogP contribution in [0.15, 0.2) is 67.1 Å². The molecule has 1 amide bonds. The Morgan fingerprint density at radius 2 is 2.11 bits per heavy atom. The van der Waals surface area contributed by atoms with E-state index in [-0.39, 0.29) is 5.91 Å². The Labute approximate surface area is 160 Å². The number of nitrogens with one attached hydrogen (secondary N) is 1. The molecule has 136 valence electrons. The highest BCUT2D eigenvalue weighted by atomic mass is 16.5. The number of hydrogen-bond donors (Lipinski definition) is 1. The quantitative estimate of drug-likeness (QED) is 0.594. The zero-order valence-corrected chi connectivity index (χ0v) is 15.0. The van der Waals surface area contributed by atoms with E-state index in [9.17, 15) is 4.79 Å². The number of ether oxygens (including phenoxy) is 1. The first-order valence-corrected chi connectivity index (χ1v) is 8.47. The van der Waals surface area contributed by atoms with Crippen molar-refractivity contribution in [3.8, 4) is 23.1 Å². The van der Waals surface area contributed by atoms with Crippen molar-refractivity contribution in [1.29, 1.82) is 5.26 Å². The summed E-state index contributed by atoms with van der Waals surface area (Å²) in [5.74, 6) is 0.784. The van der Waals surface area contributed by atoms with Gasteiger partial charge in [0.05, 0.1) is 30.1 Å². The van der Waals surface area contributed by atoms with Gasteiger partial charge in [0.1, 0.15) is 5.75 Å². The monoisotopic (exact) mass is 369 g/mol. The molecular formula is C21H15N5O2. The van der Waals surface area contributed by atoms with Crippen molar-refractivity contribution in [1.82, 2.24) is 14.4 Å². The molecule has 1 N–H and O–H groups in total. The molecule has 0 saturated carbocycles. The Hall–Kier alpha value is -4.18. The number of methoxy groups -OCH3 is 1. The van der Waals surface area contributed by atoms with Gasteiger partial charge in [-0.2, -0.15) is 5.26 Å². The molecule has 0 aliphatic rings. The summed E-state index contributed by atoms with van der Waals surface area (Å²) >= 11 is 0. The van der Waals surface area contributed by atoms with Gasteiger partial charge in [0.15, 0.2) is 0 Å². The normalized spacial score (nSPS) is 10.4. The van der Waals surface area contributed by atoms with Crippen LogP contribution in [0, 0.1) is 11.3 Å². The summed E-state index contributed by atoms with van der Waals surface area (Å²) in [6.07, 6.45) is 5.42. The maximum atomic E-state index is 12.6. The Kier molecular flexibility index (Phi) is 4.44. The van der Waals surface area contributed by atoms with Gasteiger partial charge in [0.25, 0.3) is 5.91 Å². The maximum Gasteiger partial charge on any atom is 0.255 e. The summed E-state index contributed by atoms with van der Waals surface area (Å²) in [5.41, 5.74) is 2.86. The number of fused-ring (bicyclic) bond motifs is 1. The number of imidazole rings is 1. The van der Waals surface area contributed by atoms with Crippen LogP contribution in [0.25, 0.3) is 17.0 Å². The Morgan fingerprint density at radius 3 is 2.89 bits per heavy atom. The van der Waals surface area contributed by atoms with Crippen molar-refractivity contribution in [2.45, 2.75) is 0 Å². The minimum Gasteiger partial charge on any atom is -0.495 e. The smallest absolute Gasteiger partial charge is 0.255 e. The first-order valence-electron chi connectivity index (χ1n) is 8.47. The molecule has 0 aliphatic carbocycles. The van der Waals surface area contributed by atoms with Gasteiger partial charge in [0, 0.05) is 29.7 Å². The van der Waals surface area contributed by atoms with E-state index in [1.165, 1.54) is 7.11 Å². The van der Waals surface area contributed by atoms with Crippen LogP contribution in [-0.4, -0.2) is 27.4 Å². The topological polar surface area (TPSA) is 92.3 Å². The number of nitriles is 1. The maximum absolute atomic E-state index is 12.6. The Bertz CT molecular complexity index is 1190. The van der Waals surface area contributed by atoms with E-state index < -0.39 is 0 Å². The lowest BCUT2D eigenvalue weighted by Crippen LogP contribution is -2.13. The summed E-state index contributed by atoms with van der Waals surface area (Å²) in [7, 11) is 1.54. The number of benzene rings is 2. The van der Waals surface area contributed by atoms with Gasteiger partial charge >= 0.3 is 0 Å². The number of rotatable bonds is 4. The fourth-order valence-corrected chi connectivity index (χ4v) is 2.86. The predicted octanol–water partition coefficient (Wildman–Crippen LogP) is 3.53. The van der Waals surface area contributed by atoms with E-state index in [1.54, 1.807) is 42.6 Å². The van der Waals surface area contributed by atoms with Crippen molar-refractivity contribution < 1.29 is 9.53 Å². The fraction of sp³-hybridized carbons (Fsp3) is 0.0476. The van der Waals surface area contributed by atoms with E-state index in [0.29, 0.717) is 28.3 Å². The second kappa shape index (κ2) is 7.21. The molecule has 7 heteroatoms. The highest BCUT2D eigenvalue weighted by Crippen LogP contribution is 2.30. The van der Waals surface area contributed by atoms with Crippen LogP contribution in [0.5, 0.6) is 5.75 Å². The van der Waals surface area contributed by atoms with E-state index in [0.717, 1.165) is 11.3 Å². The molecule has 7 nitrogen and oxygen atoms in total. The lowest BCUT2D eigenvalue weighted by Gasteiger charge is -2.11. The molecular weight excluding hydrogens is 354 g/mol. The standard InChI is InChI=1S/C21H15N5O2/c1-28-19-7-6-15(18-13-26-9-3-8-23-21(26)25-18)11-17(19)24-20(27)16-5-2-4-14(10-16)12-22/h2-11,13H,1H3,(H,24,27). The molecule has 0 saturated heterocycles. The highest BCUT2D eigenvalue weighted by Gasteiger charge is 2.13. The molecule has 0 fully saturated rings. The van der Waals surface area contributed by atoms with Gasteiger partial charge in [-0.3, -0.25) is 9.20 Å². The molecule has 0 aliphatic heterocycles. The molecule has 0 spiro atoms. The van der Waals surface area contributed by atoms with Crippen molar-refractivity contribution >= 4 is 17.4 Å². The van der Waals surface area contributed by atoms with Gasteiger partial charge in [-0.05, 0) is 42.5 Å². The van der Waals surface area contributed by atoms with Gasteiger partial charge in [-0.15, -0.1) is 0 Å². The number of amides is 1. The van der Waals surface area contributed by atoms with Crippen LogP contribution < -0.4 is 10.1 Å². The molecule has 0 bridgehead atoms. The predicted molar refractivity (Wildman–Crippen MR) is 104 cm³/mol. The first kappa shape index (κ1) is 17.2. The van der Waals surface area contributed by atoms with Crippen LogP contribution in [0.1, 0.15) is 15.9 Å². The van der Waals surface area contributed by atoms with Crippen molar-refractivity contribution in [2.75, 3.05) is 12.4 Å². The molecule has 4 rings (SSSR count). The summed E-state index contributed by atoms with van der Waals surface area (Å²) in [6, 6.07) is 15.8. The summed E-state index contributed by atoms with van der Waals surface area (Å²) in [4.78, 5) is 21.4. The molecule has 2 aromatic heterocycles. The number of anilines is 1. The van der Waals surface area contributed by atoms with Crippen molar-refractivity contribution in [3.63, 3.8) is 0 Å². The second-order valence-corrected chi connectivity index (χ2v) is 6.01. The lowest BCUT2D eigenvalue weighted by atomic mass is 10.1. The van der Waals surface area contributed by atoms with E-state index in [1.807, 2.05) is 35.0 Å². The number of nitrogens with zero attached hydrogens (tertiary/aromatic N) is 4. The second-order valence-electron chi connectivity index (χ2n) is 6.01. The molecule has 2 heterocycles. The third kappa shape index (κ3) is 3.27. The SMILES string of the molecule is COc1ccc(-c2cn3cccnc3n2)cc1NC(=O)c1cccc(C#N)c1. The summed E-state index contributed by atoms with van der Waals surface area (Å²) < 4.78 is 7.20. The van der Waals surface area contributed by atoms with E-state index >= 15 is 0 Å². The fourth-order valence-electron chi connectivity index (χ4n) is 2.86. The number of hydrogen-bond acceptors (Lipinski definition) is 5. The largest absolute Gasteiger partial charge is 0.495 e. The Morgan fingerprint density at radius 1 is 1.21 bits per heavy atom. The number of aromatic nitrogens is 3. The average molecular weight is 369 g/mol. The van der Waals surface area contributed by atoms with Gasteiger partial charge in [-0.25, -0.2) is 9.97 Å². The lowest BCUT2D eigenvalue weighted by molar-refractivity contribution is 0.102.